The average molecular weight is 357 g/mol. The largest absolute Gasteiger partial charge is 0.496 e. The molecule has 0 aromatic heterocycles. The third kappa shape index (κ3) is 5.03. The van der Waals surface area contributed by atoms with Crippen molar-refractivity contribution in [3.05, 3.63) is 59.7 Å². The highest BCUT2D eigenvalue weighted by molar-refractivity contribution is 7.98. The zero-order chi connectivity index (χ0) is 18.2. The molecule has 0 saturated heterocycles. The molecule has 2 aromatic carbocycles. The molecule has 5 heteroatoms. The Hall–Kier alpha value is -2.40. The molecule has 25 heavy (non-hydrogen) atoms. The molecule has 0 saturated carbocycles. The number of amides is 1. The first-order valence-corrected chi connectivity index (χ1v) is 9.15. The van der Waals surface area contributed by atoms with E-state index in [1.54, 1.807) is 32.1 Å². The minimum absolute atomic E-state index is 0.0763. The standard InChI is InChI=1S/C20H23NO3S/c1-14(15-8-10-16(25-4)11-9-15)21-20(22)13-12-17-18(23-2)6-5-7-19(17)24-3/h5-14H,1-4H3,(H,21,22)/b13-12+. The summed E-state index contributed by atoms with van der Waals surface area (Å²) in [5, 5.41) is 2.96. The van der Waals surface area contributed by atoms with Crippen molar-refractivity contribution >= 4 is 23.7 Å². The lowest BCUT2D eigenvalue weighted by atomic mass is 10.1. The third-order valence-corrected chi connectivity index (χ3v) is 4.59. The van der Waals surface area contributed by atoms with Crippen LogP contribution in [-0.2, 0) is 4.79 Å². The van der Waals surface area contributed by atoms with Gasteiger partial charge in [0, 0.05) is 11.0 Å². The topological polar surface area (TPSA) is 47.6 Å². The fraction of sp³-hybridized carbons (Fsp3) is 0.250. The normalized spacial score (nSPS) is 12.0. The first-order valence-electron chi connectivity index (χ1n) is 7.92. The van der Waals surface area contributed by atoms with Crippen LogP contribution in [0, 0.1) is 0 Å². The number of benzene rings is 2. The molecule has 0 aliphatic carbocycles. The van der Waals surface area contributed by atoms with Crippen molar-refractivity contribution in [1.29, 1.82) is 0 Å². The summed E-state index contributed by atoms with van der Waals surface area (Å²) in [6.45, 7) is 1.96. The number of rotatable bonds is 7. The van der Waals surface area contributed by atoms with Crippen molar-refractivity contribution in [2.45, 2.75) is 17.9 Å². The highest BCUT2D eigenvalue weighted by atomic mass is 32.2. The van der Waals surface area contributed by atoms with Gasteiger partial charge in [-0.2, -0.15) is 0 Å². The van der Waals surface area contributed by atoms with Crippen molar-refractivity contribution in [2.24, 2.45) is 0 Å². The number of carbonyl (C=O) groups is 1. The molecule has 1 atom stereocenters. The molecule has 2 rings (SSSR count). The molecule has 132 valence electrons. The number of carbonyl (C=O) groups excluding carboxylic acids is 1. The highest BCUT2D eigenvalue weighted by Crippen LogP contribution is 2.29. The number of nitrogens with one attached hydrogen (secondary N) is 1. The summed E-state index contributed by atoms with van der Waals surface area (Å²) >= 11 is 1.69. The van der Waals surface area contributed by atoms with E-state index in [2.05, 4.69) is 17.4 Å². The molecule has 1 N–H and O–H groups in total. The van der Waals surface area contributed by atoms with E-state index in [4.69, 9.17) is 9.47 Å². The van der Waals surface area contributed by atoms with Crippen LogP contribution < -0.4 is 14.8 Å². The van der Waals surface area contributed by atoms with Crippen LogP contribution in [0.2, 0.25) is 0 Å². The van der Waals surface area contributed by atoms with Gasteiger partial charge in [0.05, 0.1) is 25.8 Å². The van der Waals surface area contributed by atoms with Gasteiger partial charge in [0.2, 0.25) is 5.91 Å². The van der Waals surface area contributed by atoms with Crippen LogP contribution in [0.25, 0.3) is 6.08 Å². The molecule has 1 unspecified atom stereocenters. The van der Waals surface area contributed by atoms with Crippen LogP contribution in [0.3, 0.4) is 0 Å². The lowest BCUT2D eigenvalue weighted by Gasteiger charge is -2.13. The van der Waals surface area contributed by atoms with Gasteiger partial charge in [0.1, 0.15) is 11.5 Å². The Morgan fingerprint density at radius 2 is 1.68 bits per heavy atom. The summed E-state index contributed by atoms with van der Waals surface area (Å²) in [7, 11) is 3.18. The van der Waals surface area contributed by atoms with Crippen molar-refractivity contribution in [1.82, 2.24) is 5.32 Å². The first-order chi connectivity index (χ1) is 12.1. The smallest absolute Gasteiger partial charge is 0.244 e. The van der Waals surface area contributed by atoms with E-state index in [9.17, 15) is 4.79 Å². The van der Waals surface area contributed by atoms with Gasteiger partial charge in [-0.1, -0.05) is 18.2 Å². The summed E-state index contributed by atoms with van der Waals surface area (Å²) in [5.41, 5.74) is 1.80. The maximum atomic E-state index is 12.2. The fourth-order valence-electron chi connectivity index (χ4n) is 2.44. The molecule has 2 aromatic rings. The van der Waals surface area contributed by atoms with Crippen molar-refractivity contribution in [2.75, 3.05) is 20.5 Å². The minimum atomic E-state index is -0.172. The molecule has 0 aliphatic rings. The Morgan fingerprint density at radius 3 is 2.20 bits per heavy atom. The predicted octanol–water partition coefficient (Wildman–Crippen LogP) is 4.32. The summed E-state index contributed by atoms with van der Waals surface area (Å²) in [6, 6.07) is 13.6. The summed E-state index contributed by atoms with van der Waals surface area (Å²) < 4.78 is 10.7. The van der Waals surface area contributed by atoms with Gasteiger partial charge in [-0.05, 0) is 49.1 Å². The molecular formula is C20H23NO3S. The lowest BCUT2D eigenvalue weighted by molar-refractivity contribution is -0.117. The predicted molar refractivity (Wildman–Crippen MR) is 103 cm³/mol. The SMILES string of the molecule is COc1cccc(OC)c1/C=C/C(=O)NC(C)c1ccc(SC)cc1. The van der Waals surface area contributed by atoms with Crippen LogP contribution in [0.15, 0.2) is 53.4 Å². The molecular weight excluding hydrogens is 334 g/mol. The second kappa shape index (κ2) is 9.18. The van der Waals surface area contributed by atoms with E-state index < -0.39 is 0 Å². The van der Waals surface area contributed by atoms with Crippen molar-refractivity contribution in [3.63, 3.8) is 0 Å². The quantitative estimate of drug-likeness (QED) is 0.592. The maximum absolute atomic E-state index is 12.2. The van der Waals surface area contributed by atoms with Crippen LogP contribution in [0.4, 0.5) is 0 Å². The van der Waals surface area contributed by atoms with E-state index in [1.807, 2.05) is 43.5 Å². The van der Waals surface area contributed by atoms with Crippen molar-refractivity contribution < 1.29 is 14.3 Å². The van der Waals surface area contributed by atoms with E-state index in [-0.39, 0.29) is 11.9 Å². The number of hydrogen-bond donors (Lipinski definition) is 1. The Kier molecular flexibility index (Phi) is 6.95. The number of ether oxygens (including phenoxy) is 2. The molecule has 4 nitrogen and oxygen atoms in total. The summed E-state index contributed by atoms with van der Waals surface area (Å²) in [5.74, 6) is 1.14. The lowest BCUT2D eigenvalue weighted by Crippen LogP contribution is -2.24. The van der Waals surface area contributed by atoms with Gasteiger partial charge >= 0.3 is 0 Å². The highest BCUT2D eigenvalue weighted by Gasteiger charge is 2.10. The Morgan fingerprint density at radius 1 is 1.08 bits per heavy atom. The fourth-order valence-corrected chi connectivity index (χ4v) is 2.85. The van der Waals surface area contributed by atoms with Crippen LogP contribution >= 0.6 is 11.8 Å². The van der Waals surface area contributed by atoms with Gasteiger partial charge in [0.25, 0.3) is 0 Å². The minimum Gasteiger partial charge on any atom is -0.496 e. The Balaban J connectivity index is 2.07. The monoisotopic (exact) mass is 357 g/mol. The summed E-state index contributed by atoms with van der Waals surface area (Å²) in [4.78, 5) is 13.4. The number of methoxy groups -OCH3 is 2. The molecule has 0 heterocycles. The molecule has 0 aliphatic heterocycles. The average Bonchev–Trinajstić information content (AvgIpc) is 2.65. The first kappa shape index (κ1) is 18.9. The van der Waals surface area contributed by atoms with Gasteiger partial charge in [0.15, 0.2) is 0 Å². The number of thioether (sulfide) groups is 1. The second-order valence-electron chi connectivity index (χ2n) is 5.41. The van der Waals surface area contributed by atoms with Crippen LogP contribution in [0.1, 0.15) is 24.1 Å². The van der Waals surface area contributed by atoms with Gasteiger partial charge in [-0.3, -0.25) is 4.79 Å². The van der Waals surface area contributed by atoms with Crippen LogP contribution in [0.5, 0.6) is 11.5 Å². The van der Waals surface area contributed by atoms with Gasteiger partial charge in [-0.15, -0.1) is 11.8 Å². The Labute approximate surface area is 153 Å². The van der Waals surface area contributed by atoms with Crippen molar-refractivity contribution in [3.8, 4) is 11.5 Å². The van der Waals surface area contributed by atoms with E-state index >= 15 is 0 Å². The van der Waals surface area contributed by atoms with E-state index in [1.165, 1.54) is 11.0 Å². The summed E-state index contributed by atoms with van der Waals surface area (Å²) in [6.07, 6.45) is 5.24. The molecule has 0 radical (unpaired) electrons. The molecule has 0 fully saturated rings. The van der Waals surface area contributed by atoms with Gasteiger partial charge in [-0.25, -0.2) is 0 Å². The Bertz CT molecular complexity index is 719. The van der Waals surface area contributed by atoms with E-state index in [0.29, 0.717) is 11.5 Å². The van der Waals surface area contributed by atoms with Crippen LogP contribution in [-0.4, -0.2) is 26.4 Å². The third-order valence-electron chi connectivity index (χ3n) is 3.84. The van der Waals surface area contributed by atoms with E-state index in [0.717, 1.165) is 11.1 Å². The zero-order valence-electron chi connectivity index (χ0n) is 14.9. The zero-order valence-corrected chi connectivity index (χ0v) is 15.7. The number of hydrogen-bond acceptors (Lipinski definition) is 4. The molecule has 1 amide bonds. The second-order valence-corrected chi connectivity index (χ2v) is 6.29. The molecule has 0 bridgehead atoms. The maximum Gasteiger partial charge on any atom is 0.244 e. The molecule has 0 spiro atoms. The van der Waals surface area contributed by atoms with Gasteiger partial charge < -0.3 is 14.8 Å².